The smallest absolute Gasteiger partial charge is 0.338 e. The molecule has 188 valence electrons. The molecule has 0 fully saturated rings. The van der Waals surface area contributed by atoms with Crippen molar-refractivity contribution in [1.29, 1.82) is 0 Å². The summed E-state index contributed by atoms with van der Waals surface area (Å²) in [6.45, 7) is 3.72. The second kappa shape index (κ2) is 10.9. The van der Waals surface area contributed by atoms with Crippen molar-refractivity contribution in [3.8, 4) is 0 Å². The highest BCUT2D eigenvalue weighted by Crippen LogP contribution is 2.32. The van der Waals surface area contributed by atoms with E-state index in [2.05, 4.69) is 10.6 Å². The molecule has 1 aliphatic rings. The lowest BCUT2D eigenvalue weighted by atomic mass is 10.1. The number of hydrogen-bond donors (Lipinski definition) is 2. The number of nitrogens with one attached hydrogen (secondary N) is 2. The number of esters is 1. The molecule has 2 N–H and O–H groups in total. The fourth-order valence-electron chi connectivity index (χ4n) is 3.64. The first-order valence-electron chi connectivity index (χ1n) is 11.2. The van der Waals surface area contributed by atoms with Gasteiger partial charge in [-0.05, 0) is 67.9 Å². The number of halogens is 2. The quantitative estimate of drug-likeness (QED) is 0.304. The topological polar surface area (TPSA) is 105 Å². The van der Waals surface area contributed by atoms with Gasteiger partial charge in [-0.15, -0.1) is 0 Å². The van der Waals surface area contributed by atoms with Gasteiger partial charge in [-0.1, -0.05) is 41.4 Å². The van der Waals surface area contributed by atoms with Crippen LogP contribution in [0.5, 0.6) is 0 Å². The van der Waals surface area contributed by atoms with Gasteiger partial charge >= 0.3 is 5.97 Å². The number of benzene rings is 3. The molecular weight excluding hydrogens is 517 g/mol. The van der Waals surface area contributed by atoms with Crippen LogP contribution in [0.3, 0.4) is 0 Å². The van der Waals surface area contributed by atoms with Gasteiger partial charge in [0.1, 0.15) is 10.7 Å². The number of carbonyl (C=O) groups excluding carboxylic acids is 4. The molecule has 0 unspecified atom stereocenters. The van der Waals surface area contributed by atoms with Crippen molar-refractivity contribution in [1.82, 2.24) is 0 Å². The second-order valence-electron chi connectivity index (χ2n) is 8.02. The van der Waals surface area contributed by atoms with Crippen LogP contribution in [-0.2, 0) is 14.3 Å². The SMILES string of the molecule is CCOC(=O)c1cccc(NC(=O)c2ccc(C)c(NC3=C(Cl)C(=O)N(c4cccc(Cl)c4)C3=O)c2)c1. The number of rotatable bonds is 7. The molecule has 8 nitrogen and oxygen atoms in total. The minimum absolute atomic E-state index is 0.116. The molecule has 0 aliphatic carbocycles. The molecule has 4 rings (SSSR count). The number of anilines is 3. The van der Waals surface area contributed by atoms with Crippen molar-refractivity contribution in [2.24, 2.45) is 0 Å². The van der Waals surface area contributed by atoms with E-state index in [0.29, 0.717) is 27.5 Å². The fraction of sp³-hybridized carbons (Fsp3) is 0.111. The number of hydrogen-bond acceptors (Lipinski definition) is 6. The molecule has 0 bridgehead atoms. The summed E-state index contributed by atoms with van der Waals surface area (Å²) >= 11 is 12.3. The van der Waals surface area contributed by atoms with Crippen LogP contribution in [-0.4, -0.2) is 30.3 Å². The summed E-state index contributed by atoms with van der Waals surface area (Å²) < 4.78 is 4.99. The van der Waals surface area contributed by atoms with E-state index < -0.39 is 23.7 Å². The minimum atomic E-state index is -0.690. The molecule has 0 saturated carbocycles. The van der Waals surface area contributed by atoms with Crippen molar-refractivity contribution in [2.75, 3.05) is 22.1 Å². The van der Waals surface area contributed by atoms with Crippen molar-refractivity contribution in [3.05, 3.63) is 99.2 Å². The van der Waals surface area contributed by atoms with Crippen molar-refractivity contribution >= 4 is 64.0 Å². The summed E-state index contributed by atoms with van der Waals surface area (Å²) in [6.07, 6.45) is 0. The summed E-state index contributed by atoms with van der Waals surface area (Å²) in [5.41, 5.74) is 2.28. The standard InChI is InChI=1S/C27H21Cl2N3O5/c1-3-37-27(36)17-6-4-8-19(12-17)30-24(33)16-11-10-15(2)21(13-16)31-23-22(29)25(34)32(26(23)35)20-9-5-7-18(28)14-20/h4-14,31H,3H2,1-2H3,(H,30,33). The molecule has 0 spiro atoms. The van der Waals surface area contributed by atoms with Gasteiger partial charge in [0.25, 0.3) is 17.7 Å². The first-order valence-corrected chi connectivity index (χ1v) is 12.0. The van der Waals surface area contributed by atoms with E-state index in [9.17, 15) is 19.2 Å². The zero-order valence-corrected chi connectivity index (χ0v) is 21.3. The van der Waals surface area contributed by atoms with Gasteiger partial charge in [0.05, 0.1) is 17.9 Å². The highest BCUT2D eigenvalue weighted by molar-refractivity contribution is 6.53. The van der Waals surface area contributed by atoms with E-state index in [1.54, 1.807) is 62.4 Å². The first kappa shape index (κ1) is 25.9. The van der Waals surface area contributed by atoms with Gasteiger partial charge in [-0.2, -0.15) is 0 Å². The van der Waals surface area contributed by atoms with Gasteiger partial charge in [-0.25, -0.2) is 9.69 Å². The van der Waals surface area contributed by atoms with Crippen molar-refractivity contribution in [3.63, 3.8) is 0 Å². The average Bonchev–Trinajstić information content (AvgIpc) is 3.08. The maximum atomic E-state index is 13.1. The molecule has 3 aromatic carbocycles. The lowest BCUT2D eigenvalue weighted by Crippen LogP contribution is -2.32. The van der Waals surface area contributed by atoms with Crippen LogP contribution in [0.1, 0.15) is 33.2 Å². The second-order valence-corrected chi connectivity index (χ2v) is 8.84. The predicted molar refractivity (Wildman–Crippen MR) is 142 cm³/mol. The van der Waals surface area contributed by atoms with Crippen molar-refractivity contribution < 1.29 is 23.9 Å². The normalized spacial score (nSPS) is 13.1. The Kier molecular flexibility index (Phi) is 7.61. The number of imide groups is 1. The Morgan fingerprint density at radius 3 is 2.41 bits per heavy atom. The Morgan fingerprint density at radius 2 is 1.68 bits per heavy atom. The minimum Gasteiger partial charge on any atom is -0.462 e. The predicted octanol–water partition coefficient (Wildman–Crippen LogP) is 5.51. The third kappa shape index (κ3) is 5.50. The average molecular weight is 538 g/mol. The van der Waals surface area contributed by atoms with Crippen LogP contribution in [0, 0.1) is 6.92 Å². The largest absolute Gasteiger partial charge is 0.462 e. The zero-order valence-electron chi connectivity index (χ0n) is 19.8. The summed E-state index contributed by atoms with van der Waals surface area (Å²) in [6, 6.07) is 17.5. The number of ether oxygens (including phenoxy) is 1. The Labute approximate surface area is 222 Å². The summed E-state index contributed by atoms with van der Waals surface area (Å²) in [7, 11) is 0. The van der Waals surface area contributed by atoms with Gasteiger partial charge < -0.3 is 15.4 Å². The monoisotopic (exact) mass is 537 g/mol. The van der Waals surface area contributed by atoms with Crippen LogP contribution < -0.4 is 15.5 Å². The molecule has 0 saturated heterocycles. The van der Waals surface area contributed by atoms with E-state index >= 15 is 0 Å². The van der Waals surface area contributed by atoms with Crippen LogP contribution in [0.2, 0.25) is 5.02 Å². The molecule has 3 amide bonds. The van der Waals surface area contributed by atoms with E-state index in [1.165, 1.54) is 18.2 Å². The van der Waals surface area contributed by atoms with Crippen LogP contribution in [0.4, 0.5) is 17.1 Å². The Hall–Kier alpha value is -4.14. The first-order chi connectivity index (χ1) is 17.7. The van der Waals surface area contributed by atoms with Crippen LogP contribution >= 0.6 is 23.2 Å². The molecule has 10 heteroatoms. The van der Waals surface area contributed by atoms with Crippen molar-refractivity contribution in [2.45, 2.75) is 13.8 Å². The summed E-state index contributed by atoms with van der Waals surface area (Å²) in [5, 5.41) is 5.73. The van der Waals surface area contributed by atoms with E-state index in [-0.39, 0.29) is 28.6 Å². The highest BCUT2D eigenvalue weighted by atomic mass is 35.5. The molecule has 3 aromatic rings. The third-order valence-electron chi connectivity index (χ3n) is 5.48. The molecule has 0 radical (unpaired) electrons. The Bertz CT molecular complexity index is 1470. The molecule has 0 aromatic heterocycles. The van der Waals surface area contributed by atoms with Gasteiger partial charge in [-0.3, -0.25) is 14.4 Å². The van der Waals surface area contributed by atoms with E-state index in [1.807, 2.05) is 0 Å². The Morgan fingerprint density at radius 1 is 0.919 bits per heavy atom. The highest BCUT2D eigenvalue weighted by Gasteiger charge is 2.39. The number of aryl methyl sites for hydroxylation is 1. The molecule has 1 heterocycles. The fourth-order valence-corrected chi connectivity index (χ4v) is 4.03. The molecule has 0 atom stereocenters. The number of amides is 3. The lowest BCUT2D eigenvalue weighted by Gasteiger charge is -2.16. The molecular formula is C27H21Cl2N3O5. The van der Waals surface area contributed by atoms with Gasteiger partial charge in [0, 0.05) is 22.0 Å². The number of nitrogens with zero attached hydrogens (tertiary/aromatic N) is 1. The van der Waals surface area contributed by atoms with E-state index in [0.717, 1.165) is 4.90 Å². The van der Waals surface area contributed by atoms with Crippen LogP contribution in [0.15, 0.2) is 77.5 Å². The summed E-state index contributed by atoms with van der Waals surface area (Å²) in [5.74, 6) is -2.28. The zero-order chi connectivity index (χ0) is 26.7. The summed E-state index contributed by atoms with van der Waals surface area (Å²) in [4.78, 5) is 51.7. The Balaban J connectivity index is 1.55. The van der Waals surface area contributed by atoms with Gasteiger partial charge in [0.15, 0.2) is 0 Å². The van der Waals surface area contributed by atoms with Gasteiger partial charge in [0.2, 0.25) is 0 Å². The number of carbonyl (C=O) groups is 4. The molecule has 37 heavy (non-hydrogen) atoms. The molecule has 1 aliphatic heterocycles. The third-order valence-corrected chi connectivity index (χ3v) is 6.07. The van der Waals surface area contributed by atoms with Crippen LogP contribution in [0.25, 0.3) is 0 Å². The van der Waals surface area contributed by atoms with E-state index in [4.69, 9.17) is 27.9 Å². The maximum absolute atomic E-state index is 13.1. The lowest BCUT2D eigenvalue weighted by molar-refractivity contribution is -0.120. The maximum Gasteiger partial charge on any atom is 0.338 e.